The van der Waals surface area contributed by atoms with Crippen molar-refractivity contribution < 1.29 is 9.18 Å². The zero-order valence-electron chi connectivity index (χ0n) is 6.38. The molecule has 0 atom stereocenters. The lowest BCUT2D eigenvalue weighted by molar-refractivity contribution is 0.104. The van der Waals surface area contributed by atoms with Crippen LogP contribution >= 0.6 is 0 Å². The van der Waals surface area contributed by atoms with E-state index < -0.39 is 0 Å². The Kier molecular flexibility index (Phi) is 1.54. The van der Waals surface area contributed by atoms with Crippen LogP contribution in [-0.4, -0.2) is 5.78 Å². The summed E-state index contributed by atoms with van der Waals surface area (Å²) in [6.07, 6.45) is 4.01. The quantitative estimate of drug-likeness (QED) is 0.571. The summed E-state index contributed by atoms with van der Waals surface area (Å²) in [7, 11) is 0. The standard InChI is InChI=1S/C10H7FO/c11-8-5-4-7-2-1-3-10(12)9(7)6-8/h1,3-6H,2H2. The number of carbonyl (C=O) groups is 1. The maximum atomic E-state index is 12.7. The summed E-state index contributed by atoms with van der Waals surface area (Å²) in [6.45, 7) is 0. The van der Waals surface area contributed by atoms with Crippen LogP contribution in [0.15, 0.2) is 30.4 Å². The van der Waals surface area contributed by atoms with Crippen molar-refractivity contribution in [2.45, 2.75) is 6.42 Å². The van der Waals surface area contributed by atoms with Crippen molar-refractivity contribution in [3.05, 3.63) is 47.3 Å². The average Bonchev–Trinajstić information content (AvgIpc) is 2.07. The predicted octanol–water partition coefficient (Wildman–Crippen LogP) is 2.12. The fraction of sp³-hybridized carbons (Fsp3) is 0.100. The molecule has 0 amide bonds. The minimum absolute atomic E-state index is 0.101. The first kappa shape index (κ1) is 7.22. The number of carbonyl (C=O) groups excluding carboxylic acids is 1. The minimum Gasteiger partial charge on any atom is -0.289 e. The molecule has 0 heterocycles. The number of ketones is 1. The Balaban J connectivity index is 2.59. The van der Waals surface area contributed by atoms with Gasteiger partial charge in [0.05, 0.1) is 0 Å². The Morgan fingerprint density at radius 3 is 3.00 bits per heavy atom. The molecule has 1 aliphatic rings. The SMILES string of the molecule is O=C1C=CCc2ccc(F)cc21. The second-order valence-corrected chi connectivity index (χ2v) is 2.77. The van der Waals surface area contributed by atoms with E-state index >= 15 is 0 Å². The van der Waals surface area contributed by atoms with E-state index in [0.717, 1.165) is 12.0 Å². The Bertz CT molecular complexity index is 366. The maximum Gasteiger partial charge on any atom is 0.185 e. The van der Waals surface area contributed by atoms with Crippen LogP contribution in [-0.2, 0) is 6.42 Å². The molecule has 1 nitrogen and oxygen atoms in total. The van der Waals surface area contributed by atoms with Crippen molar-refractivity contribution in [1.29, 1.82) is 0 Å². The van der Waals surface area contributed by atoms with E-state index in [0.29, 0.717) is 5.56 Å². The lowest BCUT2D eigenvalue weighted by Crippen LogP contribution is -2.05. The molecule has 0 saturated heterocycles. The van der Waals surface area contributed by atoms with Crippen LogP contribution in [0, 0.1) is 5.82 Å². The van der Waals surface area contributed by atoms with E-state index in [-0.39, 0.29) is 11.6 Å². The molecule has 2 rings (SSSR count). The van der Waals surface area contributed by atoms with Crippen LogP contribution in [0.25, 0.3) is 0 Å². The van der Waals surface area contributed by atoms with Crippen LogP contribution in [0.3, 0.4) is 0 Å². The second-order valence-electron chi connectivity index (χ2n) is 2.77. The third kappa shape index (κ3) is 1.05. The highest BCUT2D eigenvalue weighted by Gasteiger charge is 2.12. The topological polar surface area (TPSA) is 17.1 Å². The van der Waals surface area contributed by atoms with Crippen molar-refractivity contribution in [2.24, 2.45) is 0 Å². The molecule has 0 unspecified atom stereocenters. The molecule has 0 spiro atoms. The van der Waals surface area contributed by atoms with Gasteiger partial charge in [-0.15, -0.1) is 0 Å². The third-order valence-electron chi connectivity index (χ3n) is 1.94. The van der Waals surface area contributed by atoms with Crippen molar-refractivity contribution >= 4 is 5.78 Å². The van der Waals surface area contributed by atoms with Gasteiger partial charge < -0.3 is 0 Å². The molecule has 0 radical (unpaired) electrons. The van der Waals surface area contributed by atoms with Crippen molar-refractivity contribution in [3.8, 4) is 0 Å². The molecule has 1 aromatic carbocycles. The smallest absolute Gasteiger partial charge is 0.185 e. The van der Waals surface area contributed by atoms with Crippen LogP contribution in [0.2, 0.25) is 0 Å². The normalized spacial score (nSPS) is 14.6. The van der Waals surface area contributed by atoms with E-state index in [9.17, 15) is 9.18 Å². The summed E-state index contributed by atoms with van der Waals surface area (Å²) in [6, 6.07) is 4.33. The number of halogens is 1. The summed E-state index contributed by atoms with van der Waals surface area (Å²) >= 11 is 0. The molecule has 0 N–H and O–H groups in total. The monoisotopic (exact) mass is 162 g/mol. The molecule has 0 aliphatic heterocycles. The predicted molar refractivity (Wildman–Crippen MR) is 43.6 cm³/mol. The molecule has 1 aromatic rings. The van der Waals surface area contributed by atoms with Gasteiger partial charge in [-0.3, -0.25) is 4.79 Å². The first-order chi connectivity index (χ1) is 5.77. The van der Waals surface area contributed by atoms with Gasteiger partial charge in [0, 0.05) is 5.56 Å². The molecule has 0 aromatic heterocycles. The number of rotatable bonds is 0. The molecule has 0 saturated carbocycles. The van der Waals surface area contributed by atoms with Crippen molar-refractivity contribution in [3.63, 3.8) is 0 Å². The Labute approximate surface area is 69.5 Å². The van der Waals surface area contributed by atoms with Crippen LogP contribution in [0.5, 0.6) is 0 Å². The van der Waals surface area contributed by atoms with Crippen LogP contribution in [0.4, 0.5) is 4.39 Å². The van der Waals surface area contributed by atoms with Gasteiger partial charge in [0.15, 0.2) is 5.78 Å². The van der Waals surface area contributed by atoms with E-state index in [2.05, 4.69) is 0 Å². The maximum absolute atomic E-state index is 12.7. The third-order valence-corrected chi connectivity index (χ3v) is 1.94. The fourth-order valence-electron chi connectivity index (χ4n) is 1.34. The average molecular weight is 162 g/mol. The van der Waals surface area contributed by atoms with Crippen LogP contribution in [0.1, 0.15) is 15.9 Å². The summed E-state index contributed by atoms with van der Waals surface area (Å²) in [5.74, 6) is -0.451. The van der Waals surface area contributed by atoms with Crippen molar-refractivity contribution in [1.82, 2.24) is 0 Å². The summed E-state index contributed by atoms with van der Waals surface area (Å²) in [4.78, 5) is 11.2. The molecule has 0 fully saturated rings. The molecular formula is C10H7FO. The molecule has 12 heavy (non-hydrogen) atoms. The highest BCUT2D eigenvalue weighted by Crippen LogP contribution is 2.17. The number of allylic oxidation sites excluding steroid dienone is 2. The first-order valence-electron chi connectivity index (χ1n) is 3.76. The summed E-state index contributed by atoms with van der Waals surface area (Å²) < 4.78 is 12.7. The van der Waals surface area contributed by atoms with E-state index in [1.165, 1.54) is 18.2 Å². The molecular weight excluding hydrogens is 155 g/mol. The Hall–Kier alpha value is -1.44. The van der Waals surface area contributed by atoms with Gasteiger partial charge in [0.2, 0.25) is 0 Å². The minimum atomic E-state index is -0.350. The number of hydrogen-bond donors (Lipinski definition) is 0. The van der Waals surface area contributed by atoms with Gasteiger partial charge in [0.1, 0.15) is 5.82 Å². The van der Waals surface area contributed by atoms with Crippen molar-refractivity contribution in [2.75, 3.05) is 0 Å². The van der Waals surface area contributed by atoms with E-state index in [1.807, 2.05) is 0 Å². The summed E-state index contributed by atoms with van der Waals surface area (Å²) in [5, 5.41) is 0. The van der Waals surface area contributed by atoms with Gasteiger partial charge in [0.25, 0.3) is 0 Å². The number of hydrogen-bond acceptors (Lipinski definition) is 1. The zero-order chi connectivity index (χ0) is 8.55. The van der Waals surface area contributed by atoms with Gasteiger partial charge in [-0.2, -0.15) is 0 Å². The highest BCUT2D eigenvalue weighted by molar-refractivity contribution is 6.06. The van der Waals surface area contributed by atoms with Crippen LogP contribution < -0.4 is 0 Å². The first-order valence-corrected chi connectivity index (χ1v) is 3.76. The van der Waals surface area contributed by atoms with Gasteiger partial charge >= 0.3 is 0 Å². The zero-order valence-corrected chi connectivity index (χ0v) is 6.38. The Morgan fingerprint density at radius 2 is 2.17 bits per heavy atom. The lowest BCUT2D eigenvalue weighted by Gasteiger charge is -2.08. The highest BCUT2D eigenvalue weighted by atomic mass is 19.1. The fourth-order valence-corrected chi connectivity index (χ4v) is 1.34. The Morgan fingerprint density at radius 1 is 1.33 bits per heavy atom. The van der Waals surface area contributed by atoms with E-state index in [1.54, 1.807) is 12.1 Å². The number of fused-ring (bicyclic) bond motifs is 1. The lowest BCUT2D eigenvalue weighted by atomic mass is 9.96. The van der Waals surface area contributed by atoms with Gasteiger partial charge in [-0.05, 0) is 30.2 Å². The van der Waals surface area contributed by atoms with E-state index in [4.69, 9.17) is 0 Å². The molecule has 0 bridgehead atoms. The second kappa shape index (κ2) is 2.55. The van der Waals surface area contributed by atoms with Gasteiger partial charge in [-0.1, -0.05) is 12.1 Å². The largest absolute Gasteiger partial charge is 0.289 e. The number of benzene rings is 1. The summed E-state index contributed by atoms with van der Waals surface area (Å²) in [5.41, 5.74) is 1.40. The molecule has 60 valence electrons. The molecule has 1 aliphatic carbocycles. The molecule has 2 heteroatoms. The van der Waals surface area contributed by atoms with Gasteiger partial charge in [-0.25, -0.2) is 4.39 Å².